The van der Waals surface area contributed by atoms with Gasteiger partial charge in [0.2, 0.25) is 0 Å². The number of aromatic nitrogens is 3. The Morgan fingerprint density at radius 1 is 1.43 bits per heavy atom. The second-order valence-corrected chi connectivity index (χ2v) is 5.59. The maximum absolute atomic E-state index is 12.1. The number of aryl methyl sites for hydroxylation is 1. The van der Waals surface area contributed by atoms with Crippen LogP contribution in [0.1, 0.15) is 12.2 Å². The molecule has 4 N–H and O–H groups in total. The molecule has 1 aliphatic rings. The van der Waals surface area contributed by atoms with Crippen molar-refractivity contribution in [2.75, 3.05) is 11.9 Å². The minimum atomic E-state index is -0.276. The number of urea groups is 1. The van der Waals surface area contributed by atoms with Gasteiger partial charge in [0.15, 0.2) is 5.82 Å². The molecule has 0 fully saturated rings. The summed E-state index contributed by atoms with van der Waals surface area (Å²) in [7, 11) is 0. The number of rotatable bonds is 4. The first-order valence-electron chi connectivity index (χ1n) is 7.50. The number of anilines is 1. The number of amides is 2. The Balaban J connectivity index is 1.62. The molecule has 1 aliphatic carbocycles. The van der Waals surface area contributed by atoms with Gasteiger partial charge in [-0.25, -0.2) is 9.78 Å². The normalized spacial score (nSPS) is 19.7. The predicted octanol–water partition coefficient (Wildman–Crippen LogP) is 1.84. The standard InChI is InChI=1S/C16H19N5O2/c1-10-17-15(21-20-10)12-3-2-4-13(8-12)18-16(23)19-14-6-5-11(7-14)9-22/h2-6,8,11,14,22H,7,9H2,1H3,(H,17,20,21)(H2,18,19,23)/t11-,14+/m0/s1. The zero-order valence-electron chi connectivity index (χ0n) is 12.8. The molecule has 7 nitrogen and oxygen atoms in total. The maximum atomic E-state index is 12.1. The Labute approximate surface area is 133 Å². The van der Waals surface area contributed by atoms with Crippen LogP contribution in [-0.4, -0.2) is 39.0 Å². The average molecular weight is 313 g/mol. The van der Waals surface area contributed by atoms with E-state index >= 15 is 0 Å². The van der Waals surface area contributed by atoms with Gasteiger partial charge in [-0.3, -0.25) is 5.10 Å². The van der Waals surface area contributed by atoms with Gasteiger partial charge in [-0.1, -0.05) is 24.3 Å². The number of carbonyl (C=O) groups is 1. The fourth-order valence-electron chi connectivity index (χ4n) is 2.56. The van der Waals surface area contributed by atoms with E-state index < -0.39 is 0 Å². The van der Waals surface area contributed by atoms with Crippen LogP contribution in [0, 0.1) is 12.8 Å². The average Bonchev–Trinajstić information content (AvgIpc) is 3.16. The molecule has 2 aromatic rings. The van der Waals surface area contributed by atoms with Crippen molar-refractivity contribution >= 4 is 11.7 Å². The van der Waals surface area contributed by atoms with Crippen molar-refractivity contribution in [1.82, 2.24) is 20.5 Å². The van der Waals surface area contributed by atoms with Crippen molar-refractivity contribution in [2.45, 2.75) is 19.4 Å². The smallest absolute Gasteiger partial charge is 0.319 e. The Morgan fingerprint density at radius 2 is 2.30 bits per heavy atom. The van der Waals surface area contributed by atoms with Gasteiger partial charge >= 0.3 is 6.03 Å². The third kappa shape index (κ3) is 3.75. The van der Waals surface area contributed by atoms with Gasteiger partial charge in [-0.2, -0.15) is 5.10 Å². The SMILES string of the molecule is Cc1nc(-c2cccc(NC(=O)N[C@@H]3C=C[C@H](CO)C3)c2)n[nH]1. The number of aromatic amines is 1. The van der Waals surface area contributed by atoms with Crippen molar-refractivity contribution in [3.63, 3.8) is 0 Å². The molecule has 7 heteroatoms. The molecule has 0 saturated carbocycles. The lowest BCUT2D eigenvalue weighted by molar-refractivity contribution is 0.238. The second-order valence-electron chi connectivity index (χ2n) is 5.59. The lowest BCUT2D eigenvalue weighted by atomic mass is 10.1. The molecule has 3 rings (SSSR count). The summed E-state index contributed by atoms with van der Waals surface area (Å²) in [5.41, 5.74) is 1.50. The third-order valence-corrected chi connectivity index (χ3v) is 3.70. The monoisotopic (exact) mass is 313 g/mol. The molecule has 0 radical (unpaired) electrons. The molecule has 0 spiro atoms. The van der Waals surface area contributed by atoms with Crippen LogP contribution in [0.25, 0.3) is 11.4 Å². The second kappa shape index (κ2) is 6.62. The minimum absolute atomic E-state index is 0.0500. The molecular formula is C16H19N5O2. The molecule has 0 saturated heterocycles. The van der Waals surface area contributed by atoms with Gasteiger partial charge in [0.1, 0.15) is 5.82 Å². The van der Waals surface area contributed by atoms with Crippen LogP contribution in [0.5, 0.6) is 0 Å². The summed E-state index contributed by atoms with van der Waals surface area (Å²) in [6.07, 6.45) is 4.56. The quantitative estimate of drug-likeness (QED) is 0.647. The van der Waals surface area contributed by atoms with Crippen LogP contribution in [0.3, 0.4) is 0 Å². The maximum Gasteiger partial charge on any atom is 0.319 e. The Bertz CT molecular complexity index is 725. The number of nitrogens with zero attached hydrogens (tertiary/aromatic N) is 2. The van der Waals surface area contributed by atoms with Crippen LogP contribution in [0.15, 0.2) is 36.4 Å². The summed E-state index contributed by atoms with van der Waals surface area (Å²) >= 11 is 0. The fraction of sp³-hybridized carbons (Fsp3) is 0.312. The van der Waals surface area contributed by atoms with Crippen molar-refractivity contribution in [3.05, 3.63) is 42.2 Å². The van der Waals surface area contributed by atoms with Crippen LogP contribution in [0.2, 0.25) is 0 Å². The first-order valence-corrected chi connectivity index (χ1v) is 7.50. The lowest BCUT2D eigenvalue weighted by Gasteiger charge is -2.13. The highest BCUT2D eigenvalue weighted by Crippen LogP contribution is 2.20. The molecule has 2 atom stereocenters. The summed E-state index contributed by atoms with van der Waals surface area (Å²) in [5.74, 6) is 1.45. The van der Waals surface area contributed by atoms with E-state index in [2.05, 4.69) is 25.8 Å². The van der Waals surface area contributed by atoms with Crippen molar-refractivity contribution in [2.24, 2.45) is 5.92 Å². The van der Waals surface area contributed by atoms with Gasteiger partial charge in [-0.05, 0) is 25.5 Å². The van der Waals surface area contributed by atoms with E-state index in [9.17, 15) is 4.79 Å². The molecule has 1 aromatic heterocycles. The molecule has 1 heterocycles. The predicted molar refractivity (Wildman–Crippen MR) is 86.8 cm³/mol. The molecule has 0 bridgehead atoms. The number of carbonyl (C=O) groups excluding carboxylic acids is 1. The number of aliphatic hydroxyl groups excluding tert-OH is 1. The summed E-state index contributed by atoms with van der Waals surface area (Å²) < 4.78 is 0. The molecule has 120 valence electrons. The van der Waals surface area contributed by atoms with Crippen molar-refractivity contribution < 1.29 is 9.90 Å². The Hall–Kier alpha value is -2.67. The number of hydrogen-bond acceptors (Lipinski definition) is 4. The van der Waals surface area contributed by atoms with Crippen molar-refractivity contribution in [1.29, 1.82) is 0 Å². The van der Waals surface area contributed by atoms with Gasteiger partial charge in [0, 0.05) is 29.8 Å². The van der Waals surface area contributed by atoms with E-state index in [1.807, 2.05) is 43.3 Å². The molecule has 0 unspecified atom stereocenters. The Morgan fingerprint density at radius 3 is 3.00 bits per heavy atom. The van der Waals surface area contributed by atoms with Crippen LogP contribution < -0.4 is 10.6 Å². The lowest BCUT2D eigenvalue weighted by Crippen LogP contribution is -2.36. The highest BCUT2D eigenvalue weighted by molar-refractivity contribution is 5.90. The Kier molecular flexibility index (Phi) is 4.38. The molecular weight excluding hydrogens is 294 g/mol. The van der Waals surface area contributed by atoms with Gasteiger partial charge < -0.3 is 15.7 Å². The minimum Gasteiger partial charge on any atom is -0.396 e. The van der Waals surface area contributed by atoms with E-state index in [1.54, 1.807) is 0 Å². The largest absolute Gasteiger partial charge is 0.396 e. The van der Waals surface area contributed by atoms with E-state index in [0.29, 0.717) is 11.5 Å². The molecule has 23 heavy (non-hydrogen) atoms. The summed E-state index contributed by atoms with van der Waals surface area (Å²) in [6, 6.07) is 7.03. The fourth-order valence-corrected chi connectivity index (χ4v) is 2.56. The first-order chi connectivity index (χ1) is 11.1. The highest BCUT2D eigenvalue weighted by atomic mass is 16.3. The summed E-state index contributed by atoms with van der Waals surface area (Å²) in [5, 5.41) is 21.7. The number of hydrogen-bond donors (Lipinski definition) is 4. The summed E-state index contributed by atoms with van der Waals surface area (Å²) in [4.78, 5) is 16.3. The van der Waals surface area contributed by atoms with Gasteiger partial charge in [0.05, 0.1) is 0 Å². The van der Waals surface area contributed by atoms with E-state index in [1.165, 1.54) is 0 Å². The number of benzene rings is 1. The molecule has 0 aliphatic heterocycles. The number of H-pyrrole nitrogens is 1. The topological polar surface area (TPSA) is 103 Å². The van der Waals surface area contributed by atoms with Crippen LogP contribution >= 0.6 is 0 Å². The van der Waals surface area contributed by atoms with Crippen molar-refractivity contribution in [3.8, 4) is 11.4 Å². The zero-order valence-corrected chi connectivity index (χ0v) is 12.8. The van der Waals surface area contributed by atoms with Gasteiger partial charge in [0.25, 0.3) is 0 Å². The van der Waals surface area contributed by atoms with Crippen LogP contribution in [-0.2, 0) is 0 Å². The number of nitrogens with one attached hydrogen (secondary N) is 3. The van der Waals surface area contributed by atoms with E-state index in [-0.39, 0.29) is 24.6 Å². The van der Waals surface area contributed by atoms with E-state index in [0.717, 1.165) is 17.8 Å². The highest BCUT2D eigenvalue weighted by Gasteiger charge is 2.19. The van der Waals surface area contributed by atoms with Crippen LogP contribution in [0.4, 0.5) is 10.5 Å². The number of aliphatic hydroxyl groups is 1. The molecule has 1 aromatic carbocycles. The zero-order chi connectivity index (χ0) is 16.2. The summed E-state index contributed by atoms with van der Waals surface area (Å²) in [6.45, 7) is 1.94. The van der Waals surface area contributed by atoms with E-state index in [4.69, 9.17) is 5.11 Å². The van der Waals surface area contributed by atoms with Gasteiger partial charge in [-0.15, -0.1) is 0 Å². The third-order valence-electron chi connectivity index (χ3n) is 3.70. The first kappa shape index (κ1) is 15.2. The molecule has 2 amide bonds.